The molecular formula is C22H30ClN3O4. The molecule has 1 saturated carbocycles. The van der Waals surface area contributed by atoms with Gasteiger partial charge in [0.2, 0.25) is 5.91 Å². The van der Waals surface area contributed by atoms with Crippen LogP contribution < -0.4 is 16.0 Å². The van der Waals surface area contributed by atoms with Gasteiger partial charge in [0.1, 0.15) is 6.10 Å². The van der Waals surface area contributed by atoms with E-state index in [9.17, 15) is 14.7 Å². The smallest absolute Gasteiger partial charge is 0.315 e. The van der Waals surface area contributed by atoms with Gasteiger partial charge in [0.05, 0.1) is 25.2 Å². The van der Waals surface area contributed by atoms with Gasteiger partial charge in [0, 0.05) is 17.6 Å². The maximum absolute atomic E-state index is 12.3. The van der Waals surface area contributed by atoms with E-state index in [1.807, 2.05) is 12.1 Å². The van der Waals surface area contributed by atoms with E-state index in [1.165, 1.54) is 6.42 Å². The van der Waals surface area contributed by atoms with Crippen molar-refractivity contribution in [3.05, 3.63) is 47.0 Å². The van der Waals surface area contributed by atoms with Crippen LogP contribution in [0.4, 0.5) is 4.79 Å². The Morgan fingerprint density at radius 3 is 2.50 bits per heavy atom. The van der Waals surface area contributed by atoms with Crippen molar-refractivity contribution < 1.29 is 19.4 Å². The summed E-state index contributed by atoms with van der Waals surface area (Å²) in [5, 5.41) is 19.0. The van der Waals surface area contributed by atoms with E-state index >= 15 is 0 Å². The van der Waals surface area contributed by atoms with Gasteiger partial charge < -0.3 is 25.8 Å². The van der Waals surface area contributed by atoms with Crippen LogP contribution in [0.2, 0.25) is 5.02 Å². The Morgan fingerprint density at radius 2 is 1.80 bits per heavy atom. The molecule has 2 aliphatic rings. The summed E-state index contributed by atoms with van der Waals surface area (Å²) in [6.45, 7) is 0.156. The molecule has 8 heteroatoms. The largest absolute Gasteiger partial charge is 0.394 e. The molecule has 0 spiro atoms. The lowest BCUT2D eigenvalue weighted by Crippen LogP contribution is -2.53. The topological polar surface area (TPSA) is 99.7 Å². The van der Waals surface area contributed by atoms with Crippen LogP contribution in [0.25, 0.3) is 0 Å². The minimum absolute atomic E-state index is 0.140. The van der Waals surface area contributed by atoms with Crippen LogP contribution >= 0.6 is 11.6 Å². The van der Waals surface area contributed by atoms with Gasteiger partial charge in [0.15, 0.2) is 0 Å². The summed E-state index contributed by atoms with van der Waals surface area (Å²) in [6.07, 6.45) is 8.15. The number of rotatable bonds is 7. The van der Waals surface area contributed by atoms with Gasteiger partial charge in [-0.1, -0.05) is 55.1 Å². The van der Waals surface area contributed by atoms with E-state index in [0.717, 1.165) is 31.2 Å². The molecule has 7 nitrogen and oxygen atoms in total. The number of nitrogens with one attached hydrogen (secondary N) is 3. The summed E-state index contributed by atoms with van der Waals surface area (Å²) in [7, 11) is 0. The third-order valence-electron chi connectivity index (χ3n) is 5.49. The summed E-state index contributed by atoms with van der Waals surface area (Å²) < 4.78 is 5.82. The number of urea groups is 1. The monoisotopic (exact) mass is 435 g/mol. The van der Waals surface area contributed by atoms with Crippen molar-refractivity contribution in [1.29, 1.82) is 0 Å². The highest BCUT2D eigenvalue weighted by molar-refractivity contribution is 6.30. The van der Waals surface area contributed by atoms with Crippen LogP contribution in [0.1, 0.15) is 44.1 Å². The van der Waals surface area contributed by atoms with Crippen molar-refractivity contribution in [2.24, 2.45) is 0 Å². The number of hydrogen-bond acceptors (Lipinski definition) is 4. The minimum atomic E-state index is -0.596. The van der Waals surface area contributed by atoms with Crippen molar-refractivity contribution in [1.82, 2.24) is 16.0 Å². The van der Waals surface area contributed by atoms with E-state index in [1.54, 1.807) is 24.3 Å². The molecule has 1 fully saturated rings. The molecule has 1 aromatic rings. The molecule has 1 aliphatic heterocycles. The van der Waals surface area contributed by atoms with E-state index in [2.05, 4.69) is 16.0 Å². The standard InChI is InChI=1S/C22H30ClN3O4/c23-16-8-6-15(7-9-16)13-24-21(28)12-18-10-11-19(20(14-27)30-18)26-22(29)25-17-4-2-1-3-5-17/h6-11,17-20,27H,1-5,12-14H2,(H,24,28)(H2,25,26,29)/t18-,19-,20+/m0/s1. The molecule has 164 valence electrons. The van der Waals surface area contributed by atoms with E-state index in [-0.39, 0.29) is 31.0 Å². The predicted molar refractivity (Wildman–Crippen MR) is 115 cm³/mol. The molecule has 3 rings (SSSR count). The van der Waals surface area contributed by atoms with Gasteiger partial charge in [-0.25, -0.2) is 4.79 Å². The number of carbonyl (C=O) groups excluding carboxylic acids is 2. The molecule has 0 aromatic heterocycles. The fraction of sp³-hybridized carbons (Fsp3) is 0.545. The van der Waals surface area contributed by atoms with Crippen LogP contribution in [0.3, 0.4) is 0 Å². The zero-order chi connectivity index (χ0) is 21.3. The lowest BCUT2D eigenvalue weighted by Gasteiger charge is -2.32. The zero-order valence-electron chi connectivity index (χ0n) is 17.0. The maximum atomic E-state index is 12.3. The summed E-state index contributed by atoms with van der Waals surface area (Å²) in [5.41, 5.74) is 0.953. The number of aliphatic hydroxyl groups excluding tert-OH is 1. The van der Waals surface area contributed by atoms with Gasteiger partial charge >= 0.3 is 6.03 Å². The number of amides is 3. The highest BCUT2D eigenvalue weighted by Crippen LogP contribution is 2.18. The van der Waals surface area contributed by atoms with Crippen molar-refractivity contribution >= 4 is 23.5 Å². The van der Waals surface area contributed by atoms with Gasteiger partial charge in [-0.3, -0.25) is 4.79 Å². The Labute approximate surface area is 182 Å². The number of hydrogen-bond donors (Lipinski definition) is 4. The fourth-order valence-corrected chi connectivity index (χ4v) is 3.95. The number of halogens is 1. The van der Waals surface area contributed by atoms with Crippen LogP contribution in [-0.2, 0) is 16.1 Å². The molecule has 3 amide bonds. The molecule has 0 saturated heterocycles. The first-order valence-corrected chi connectivity index (χ1v) is 10.9. The Balaban J connectivity index is 1.44. The summed E-state index contributed by atoms with van der Waals surface area (Å²) in [6, 6.07) is 6.78. The second-order valence-electron chi connectivity index (χ2n) is 7.87. The molecule has 30 heavy (non-hydrogen) atoms. The van der Waals surface area contributed by atoms with E-state index in [0.29, 0.717) is 11.6 Å². The Bertz CT molecular complexity index is 734. The van der Waals surface area contributed by atoms with Crippen molar-refractivity contribution in [3.8, 4) is 0 Å². The normalized spacial score (nSPS) is 24.3. The average molecular weight is 436 g/mol. The van der Waals surface area contributed by atoms with Crippen LogP contribution in [0, 0.1) is 0 Å². The van der Waals surface area contributed by atoms with Gasteiger partial charge in [0.25, 0.3) is 0 Å². The number of aliphatic hydroxyl groups is 1. The third kappa shape index (κ3) is 7.00. The first kappa shape index (κ1) is 22.6. The maximum Gasteiger partial charge on any atom is 0.315 e. The minimum Gasteiger partial charge on any atom is -0.394 e. The molecule has 0 bridgehead atoms. The van der Waals surface area contributed by atoms with Crippen molar-refractivity contribution in [2.75, 3.05) is 6.61 Å². The summed E-state index contributed by atoms with van der Waals surface area (Å²) >= 11 is 5.86. The van der Waals surface area contributed by atoms with Crippen LogP contribution in [-0.4, -0.2) is 47.9 Å². The number of carbonyl (C=O) groups is 2. The Hall–Kier alpha value is -2.09. The summed E-state index contributed by atoms with van der Waals surface area (Å²) in [5.74, 6) is -0.155. The molecule has 1 aromatic carbocycles. The number of benzene rings is 1. The molecule has 0 unspecified atom stereocenters. The highest BCUT2D eigenvalue weighted by atomic mass is 35.5. The molecule has 3 atom stereocenters. The predicted octanol–water partition coefficient (Wildman–Crippen LogP) is 2.66. The highest BCUT2D eigenvalue weighted by Gasteiger charge is 2.29. The van der Waals surface area contributed by atoms with E-state index < -0.39 is 18.2 Å². The first-order chi connectivity index (χ1) is 14.5. The van der Waals surface area contributed by atoms with Gasteiger partial charge in [-0.15, -0.1) is 0 Å². The SMILES string of the molecule is O=C(C[C@@H]1C=C[C@H](NC(=O)NC2CCCCC2)[C@@H](CO)O1)NCc1ccc(Cl)cc1. The summed E-state index contributed by atoms with van der Waals surface area (Å²) in [4.78, 5) is 24.5. The van der Waals surface area contributed by atoms with Crippen LogP contribution in [0.15, 0.2) is 36.4 Å². The van der Waals surface area contributed by atoms with Crippen LogP contribution in [0.5, 0.6) is 0 Å². The number of ether oxygens (including phenoxy) is 1. The molecule has 4 N–H and O–H groups in total. The molecule has 0 radical (unpaired) electrons. The molecular weight excluding hydrogens is 406 g/mol. The second-order valence-corrected chi connectivity index (χ2v) is 8.30. The second kappa shape index (κ2) is 11.3. The van der Waals surface area contributed by atoms with Crippen molar-refractivity contribution in [3.63, 3.8) is 0 Å². The zero-order valence-corrected chi connectivity index (χ0v) is 17.7. The van der Waals surface area contributed by atoms with Gasteiger partial charge in [-0.2, -0.15) is 0 Å². The van der Waals surface area contributed by atoms with E-state index in [4.69, 9.17) is 16.3 Å². The quantitative estimate of drug-likeness (QED) is 0.495. The first-order valence-electron chi connectivity index (χ1n) is 10.6. The Morgan fingerprint density at radius 1 is 1.07 bits per heavy atom. The lowest BCUT2D eigenvalue weighted by molar-refractivity contribution is -0.125. The Kier molecular flexibility index (Phi) is 8.54. The lowest BCUT2D eigenvalue weighted by atomic mass is 9.96. The van der Waals surface area contributed by atoms with Crippen molar-refractivity contribution in [2.45, 2.75) is 69.4 Å². The molecule has 1 heterocycles. The fourth-order valence-electron chi connectivity index (χ4n) is 3.82. The van der Waals surface area contributed by atoms with Gasteiger partial charge in [-0.05, 0) is 30.5 Å². The third-order valence-corrected chi connectivity index (χ3v) is 5.74. The average Bonchev–Trinajstić information content (AvgIpc) is 2.75. The molecule has 1 aliphatic carbocycles.